The van der Waals surface area contributed by atoms with Crippen LogP contribution in [0.2, 0.25) is 0 Å². The topological polar surface area (TPSA) is 115 Å². The van der Waals surface area contributed by atoms with Crippen LogP contribution in [0.15, 0.2) is 68.8 Å². The van der Waals surface area contributed by atoms with E-state index in [9.17, 15) is 19.2 Å². The zero-order valence-electron chi connectivity index (χ0n) is 16.6. The molecule has 2 aromatic heterocycles. The molecule has 0 saturated carbocycles. The number of carbonyl (C=O) groups is 2. The summed E-state index contributed by atoms with van der Waals surface area (Å²) in [6.45, 7) is -0.0391. The maximum Gasteiger partial charge on any atom is 0.330 e. The van der Waals surface area contributed by atoms with Crippen molar-refractivity contribution in [2.45, 2.75) is 19.0 Å². The average molecular weight is 410 g/mol. The summed E-state index contributed by atoms with van der Waals surface area (Å²) in [7, 11) is 2.90. The maximum absolute atomic E-state index is 12.8. The molecule has 0 bridgehead atoms. The van der Waals surface area contributed by atoms with Gasteiger partial charge in [0.1, 0.15) is 6.04 Å². The molecule has 0 aliphatic rings. The van der Waals surface area contributed by atoms with Gasteiger partial charge >= 0.3 is 5.69 Å². The van der Waals surface area contributed by atoms with Crippen LogP contribution in [0, 0.1) is 0 Å². The lowest BCUT2D eigenvalue weighted by molar-refractivity contribution is -0.123. The number of carbonyl (C=O) groups excluding carboxylic acids is 2. The standard InChI is InChI=1S/C21H22N4O5/c1-24-15(12-18(26)25(2)21(24)29)13-22-19(27)16(11-14-7-4-3-5-8-14)23-20(28)17-9-6-10-30-17/h3-10,12,16H,11,13H2,1-2H3,(H,22,27)(H,23,28)/t16-/m1/s1. The van der Waals surface area contributed by atoms with Crippen molar-refractivity contribution < 1.29 is 14.0 Å². The third kappa shape index (κ3) is 4.75. The van der Waals surface area contributed by atoms with Gasteiger partial charge in [0, 0.05) is 32.3 Å². The van der Waals surface area contributed by atoms with Crippen molar-refractivity contribution in [1.82, 2.24) is 19.8 Å². The molecule has 2 heterocycles. The zero-order valence-corrected chi connectivity index (χ0v) is 16.6. The first kappa shape index (κ1) is 20.8. The van der Waals surface area contributed by atoms with Gasteiger partial charge in [-0.15, -0.1) is 0 Å². The van der Waals surface area contributed by atoms with E-state index >= 15 is 0 Å². The molecule has 0 unspecified atom stereocenters. The Morgan fingerprint density at radius 3 is 2.43 bits per heavy atom. The van der Waals surface area contributed by atoms with Crippen molar-refractivity contribution in [3.63, 3.8) is 0 Å². The number of rotatable bonds is 7. The number of furan rings is 1. The van der Waals surface area contributed by atoms with Gasteiger partial charge in [-0.3, -0.25) is 23.5 Å². The summed E-state index contributed by atoms with van der Waals surface area (Å²) in [6.07, 6.45) is 1.63. The average Bonchev–Trinajstić information content (AvgIpc) is 3.29. The van der Waals surface area contributed by atoms with E-state index in [4.69, 9.17) is 4.42 Å². The molecular formula is C21H22N4O5. The van der Waals surface area contributed by atoms with Crippen LogP contribution in [0.5, 0.6) is 0 Å². The molecule has 1 aromatic carbocycles. The van der Waals surface area contributed by atoms with E-state index in [-0.39, 0.29) is 18.7 Å². The molecule has 30 heavy (non-hydrogen) atoms. The fourth-order valence-electron chi connectivity index (χ4n) is 2.94. The lowest BCUT2D eigenvalue weighted by Crippen LogP contribution is -2.48. The van der Waals surface area contributed by atoms with Crippen molar-refractivity contribution in [1.29, 1.82) is 0 Å². The van der Waals surface area contributed by atoms with Crippen LogP contribution in [-0.4, -0.2) is 27.0 Å². The number of amides is 2. The van der Waals surface area contributed by atoms with Gasteiger partial charge in [-0.1, -0.05) is 30.3 Å². The summed E-state index contributed by atoms with van der Waals surface area (Å²) in [5.74, 6) is -0.876. The van der Waals surface area contributed by atoms with Gasteiger partial charge in [0.25, 0.3) is 11.5 Å². The summed E-state index contributed by atoms with van der Waals surface area (Å²) in [5, 5.41) is 5.36. The Bertz CT molecular complexity index is 1150. The van der Waals surface area contributed by atoms with Gasteiger partial charge in [0.2, 0.25) is 5.91 Å². The van der Waals surface area contributed by atoms with Crippen molar-refractivity contribution in [2.75, 3.05) is 0 Å². The Balaban J connectivity index is 1.77. The fourth-order valence-corrected chi connectivity index (χ4v) is 2.94. The van der Waals surface area contributed by atoms with Gasteiger partial charge in [-0.25, -0.2) is 4.79 Å². The molecule has 2 amide bonds. The summed E-state index contributed by atoms with van der Waals surface area (Å²) >= 11 is 0. The van der Waals surface area contributed by atoms with E-state index in [1.807, 2.05) is 30.3 Å². The van der Waals surface area contributed by atoms with Crippen molar-refractivity contribution in [3.05, 3.63) is 92.6 Å². The molecule has 9 heteroatoms. The van der Waals surface area contributed by atoms with Crippen LogP contribution >= 0.6 is 0 Å². The van der Waals surface area contributed by atoms with E-state index < -0.39 is 29.1 Å². The highest BCUT2D eigenvalue weighted by Crippen LogP contribution is 2.06. The lowest BCUT2D eigenvalue weighted by atomic mass is 10.0. The predicted octanol–water partition coefficient (Wildman–Crippen LogP) is 0.335. The van der Waals surface area contributed by atoms with Gasteiger partial charge in [-0.2, -0.15) is 0 Å². The number of hydrogen-bond donors (Lipinski definition) is 2. The first-order chi connectivity index (χ1) is 14.4. The molecular weight excluding hydrogens is 388 g/mol. The number of hydrogen-bond acceptors (Lipinski definition) is 5. The molecule has 0 aliphatic heterocycles. The van der Waals surface area contributed by atoms with Crippen LogP contribution in [0.3, 0.4) is 0 Å². The monoisotopic (exact) mass is 410 g/mol. The molecule has 1 atom stereocenters. The summed E-state index contributed by atoms with van der Waals surface area (Å²) in [5.41, 5.74) is 0.263. The molecule has 0 spiro atoms. The fraction of sp³-hybridized carbons (Fsp3) is 0.238. The van der Waals surface area contributed by atoms with E-state index in [1.165, 1.54) is 37.1 Å². The van der Waals surface area contributed by atoms with Crippen molar-refractivity contribution in [2.24, 2.45) is 14.1 Å². The largest absolute Gasteiger partial charge is 0.459 e. The number of nitrogens with one attached hydrogen (secondary N) is 2. The molecule has 9 nitrogen and oxygen atoms in total. The number of benzene rings is 1. The van der Waals surface area contributed by atoms with Crippen LogP contribution in [0.1, 0.15) is 21.8 Å². The summed E-state index contributed by atoms with van der Waals surface area (Å²) < 4.78 is 7.36. The maximum atomic E-state index is 12.8. The minimum atomic E-state index is -0.881. The minimum Gasteiger partial charge on any atom is -0.459 e. The first-order valence-corrected chi connectivity index (χ1v) is 9.28. The Kier molecular flexibility index (Phi) is 6.31. The van der Waals surface area contributed by atoms with Crippen LogP contribution in [0.25, 0.3) is 0 Å². The predicted molar refractivity (Wildman–Crippen MR) is 109 cm³/mol. The second-order valence-electron chi connectivity index (χ2n) is 6.79. The van der Waals surface area contributed by atoms with Crippen LogP contribution in [-0.2, 0) is 31.9 Å². The third-order valence-corrected chi connectivity index (χ3v) is 4.72. The van der Waals surface area contributed by atoms with Crippen molar-refractivity contribution in [3.8, 4) is 0 Å². The highest BCUT2D eigenvalue weighted by atomic mass is 16.3. The number of aromatic nitrogens is 2. The summed E-state index contributed by atoms with van der Waals surface area (Å²) in [6, 6.07) is 12.7. The van der Waals surface area contributed by atoms with E-state index in [0.717, 1.165) is 10.1 Å². The van der Waals surface area contributed by atoms with Crippen molar-refractivity contribution >= 4 is 11.8 Å². The van der Waals surface area contributed by atoms with E-state index in [0.29, 0.717) is 5.69 Å². The van der Waals surface area contributed by atoms with Gasteiger partial charge in [0.15, 0.2) is 5.76 Å². The third-order valence-electron chi connectivity index (χ3n) is 4.72. The highest BCUT2D eigenvalue weighted by Gasteiger charge is 2.23. The molecule has 0 saturated heterocycles. The van der Waals surface area contributed by atoms with Crippen LogP contribution in [0.4, 0.5) is 0 Å². The Morgan fingerprint density at radius 1 is 1.03 bits per heavy atom. The SMILES string of the molecule is Cn1c(CNC(=O)[C@@H](Cc2ccccc2)NC(=O)c2ccco2)cc(=O)n(C)c1=O. The molecule has 3 aromatic rings. The first-order valence-electron chi connectivity index (χ1n) is 9.28. The molecule has 156 valence electrons. The quantitative estimate of drug-likeness (QED) is 0.583. The van der Waals surface area contributed by atoms with E-state index in [2.05, 4.69) is 10.6 Å². The lowest BCUT2D eigenvalue weighted by Gasteiger charge is -2.19. The zero-order chi connectivity index (χ0) is 21.7. The Hall–Kier alpha value is -3.88. The normalized spacial score (nSPS) is 11.7. The van der Waals surface area contributed by atoms with Gasteiger partial charge in [-0.05, 0) is 17.7 Å². The van der Waals surface area contributed by atoms with Crippen LogP contribution < -0.4 is 21.9 Å². The Morgan fingerprint density at radius 2 is 1.77 bits per heavy atom. The summed E-state index contributed by atoms with van der Waals surface area (Å²) in [4.78, 5) is 49.2. The molecule has 2 N–H and O–H groups in total. The second-order valence-corrected chi connectivity index (χ2v) is 6.79. The Labute approximate surface area is 171 Å². The molecule has 0 aliphatic carbocycles. The minimum absolute atomic E-state index is 0.0391. The second kappa shape index (κ2) is 9.08. The number of nitrogens with zero attached hydrogens (tertiary/aromatic N) is 2. The molecule has 0 radical (unpaired) electrons. The molecule has 0 fully saturated rings. The smallest absolute Gasteiger partial charge is 0.330 e. The highest BCUT2D eigenvalue weighted by molar-refractivity contribution is 5.95. The molecule has 3 rings (SSSR count). The van der Waals surface area contributed by atoms with Gasteiger partial charge in [0.05, 0.1) is 12.8 Å². The van der Waals surface area contributed by atoms with E-state index in [1.54, 1.807) is 6.07 Å². The van der Waals surface area contributed by atoms with Gasteiger partial charge < -0.3 is 15.1 Å².